The maximum Gasteiger partial charge on any atom is 0.122 e. The van der Waals surface area contributed by atoms with Crippen LogP contribution in [0.3, 0.4) is 0 Å². The van der Waals surface area contributed by atoms with Gasteiger partial charge in [-0.1, -0.05) is 18.2 Å². The van der Waals surface area contributed by atoms with E-state index in [9.17, 15) is 0 Å². The van der Waals surface area contributed by atoms with Gasteiger partial charge >= 0.3 is 0 Å². The second kappa shape index (κ2) is 5.59. The lowest BCUT2D eigenvalue weighted by molar-refractivity contribution is 0.298. The van der Waals surface area contributed by atoms with Gasteiger partial charge in [0.2, 0.25) is 0 Å². The van der Waals surface area contributed by atoms with Crippen LogP contribution in [0, 0.1) is 5.41 Å². The van der Waals surface area contributed by atoms with E-state index in [1.807, 2.05) is 36.0 Å². The number of fused-ring (bicyclic) bond motifs is 1. The average Bonchev–Trinajstić information content (AvgIpc) is 2.89. The lowest BCUT2D eigenvalue weighted by atomic mass is 10.0. The molecule has 20 heavy (non-hydrogen) atoms. The molecule has 1 heterocycles. The third kappa shape index (κ3) is 2.65. The molecule has 0 bridgehead atoms. The Morgan fingerprint density at radius 2 is 1.95 bits per heavy atom. The summed E-state index contributed by atoms with van der Waals surface area (Å²) >= 11 is 1.89. The first-order chi connectivity index (χ1) is 9.74. The predicted octanol–water partition coefficient (Wildman–Crippen LogP) is 3.24. The molecule has 2 aromatic carbocycles. The van der Waals surface area contributed by atoms with Gasteiger partial charge in [0.1, 0.15) is 11.6 Å². The van der Waals surface area contributed by atoms with Gasteiger partial charge in [-0.15, -0.1) is 11.8 Å². The fraction of sp³-hybridized carbons (Fsp3) is 0.188. The smallest absolute Gasteiger partial charge is 0.122 e. The largest absolute Gasteiger partial charge is 0.493 e. The Hall–Kier alpha value is -1.94. The van der Waals surface area contributed by atoms with Crippen molar-refractivity contribution in [1.82, 2.24) is 0 Å². The first kappa shape index (κ1) is 13.1. The summed E-state index contributed by atoms with van der Waals surface area (Å²) in [5, 5.41) is 7.36. The Morgan fingerprint density at radius 1 is 1.20 bits per heavy atom. The normalized spacial score (nSPS) is 16.7. The number of rotatable bonds is 4. The fourth-order valence-electron chi connectivity index (χ4n) is 2.29. The highest BCUT2D eigenvalue weighted by atomic mass is 32.2. The maximum atomic E-state index is 7.36. The molecule has 102 valence electrons. The monoisotopic (exact) mass is 284 g/mol. The van der Waals surface area contributed by atoms with Crippen LogP contribution >= 0.6 is 11.8 Å². The van der Waals surface area contributed by atoms with E-state index in [4.69, 9.17) is 15.9 Å². The number of nitrogens with one attached hydrogen (secondary N) is 1. The van der Waals surface area contributed by atoms with Gasteiger partial charge in [0, 0.05) is 22.1 Å². The number of ether oxygens (including phenoxy) is 1. The highest BCUT2D eigenvalue weighted by Crippen LogP contribution is 2.39. The maximum absolute atomic E-state index is 7.36. The van der Waals surface area contributed by atoms with Crippen LogP contribution < -0.4 is 10.5 Å². The number of hydrogen-bond acceptors (Lipinski definition) is 3. The van der Waals surface area contributed by atoms with Crippen molar-refractivity contribution < 1.29 is 4.74 Å². The van der Waals surface area contributed by atoms with Crippen molar-refractivity contribution in [3.8, 4) is 5.75 Å². The summed E-state index contributed by atoms with van der Waals surface area (Å²) in [7, 11) is 0. The molecule has 0 aromatic heterocycles. The van der Waals surface area contributed by atoms with Crippen LogP contribution in [0.2, 0.25) is 0 Å². The van der Waals surface area contributed by atoms with E-state index in [2.05, 4.69) is 24.3 Å². The summed E-state index contributed by atoms with van der Waals surface area (Å²) in [6.45, 7) is 0.684. The number of benzene rings is 2. The lowest BCUT2D eigenvalue weighted by Gasteiger charge is -2.12. The molecule has 1 unspecified atom stereocenters. The summed E-state index contributed by atoms with van der Waals surface area (Å²) in [6, 6.07) is 15.9. The zero-order valence-electron chi connectivity index (χ0n) is 11.0. The minimum absolute atomic E-state index is 0.0812. The Labute approximate surface area is 122 Å². The van der Waals surface area contributed by atoms with Crippen LogP contribution in [0.1, 0.15) is 17.0 Å². The molecule has 1 aliphatic heterocycles. The third-order valence-corrected chi connectivity index (χ3v) is 4.67. The van der Waals surface area contributed by atoms with Crippen molar-refractivity contribution in [2.75, 3.05) is 12.4 Å². The van der Waals surface area contributed by atoms with E-state index < -0.39 is 0 Å². The molecule has 0 radical (unpaired) electrons. The molecule has 0 amide bonds. The lowest BCUT2D eigenvalue weighted by Crippen LogP contribution is -2.11. The Kier molecular flexibility index (Phi) is 3.65. The number of thioether (sulfide) groups is 1. The Bertz CT molecular complexity index is 625. The summed E-state index contributed by atoms with van der Waals surface area (Å²) in [4.78, 5) is 1.37. The van der Waals surface area contributed by atoms with E-state index in [0.717, 1.165) is 17.1 Å². The van der Waals surface area contributed by atoms with Gasteiger partial charge in [-0.3, -0.25) is 5.41 Å². The summed E-state index contributed by atoms with van der Waals surface area (Å²) in [5.41, 5.74) is 7.54. The first-order valence-electron chi connectivity index (χ1n) is 6.53. The molecule has 0 spiro atoms. The van der Waals surface area contributed by atoms with Crippen molar-refractivity contribution in [2.24, 2.45) is 5.73 Å². The third-order valence-electron chi connectivity index (χ3n) is 3.42. The molecule has 4 heteroatoms. The number of nitrogens with two attached hydrogens (primary N) is 1. The standard InChI is InChI=1S/C16H16N2OS/c17-16(18)11-5-7-13(8-6-11)19-9-12-10-20-15-4-2-1-3-14(12)15/h1-8,12H,9-10H2,(H3,17,18). The van der Waals surface area contributed by atoms with Gasteiger partial charge in [0.25, 0.3) is 0 Å². The molecule has 0 saturated heterocycles. The Balaban J connectivity index is 1.64. The molecular formula is C16H16N2OS. The second-order valence-electron chi connectivity index (χ2n) is 4.79. The van der Waals surface area contributed by atoms with Crippen LogP contribution in [-0.4, -0.2) is 18.2 Å². The van der Waals surface area contributed by atoms with Crippen LogP contribution in [0.4, 0.5) is 0 Å². The summed E-state index contributed by atoms with van der Waals surface area (Å²) < 4.78 is 5.86. The zero-order chi connectivity index (χ0) is 13.9. The van der Waals surface area contributed by atoms with Crippen molar-refractivity contribution >= 4 is 17.6 Å². The minimum atomic E-state index is 0.0812. The molecule has 3 nitrogen and oxygen atoms in total. The molecule has 0 fully saturated rings. The summed E-state index contributed by atoms with van der Waals surface area (Å²) in [6.07, 6.45) is 0. The van der Waals surface area contributed by atoms with Crippen molar-refractivity contribution in [1.29, 1.82) is 5.41 Å². The zero-order valence-corrected chi connectivity index (χ0v) is 11.8. The van der Waals surface area contributed by atoms with Gasteiger partial charge in [-0.05, 0) is 35.9 Å². The van der Waals surface area contributed by atoms with E-state index >= 15 is 0 Å². The molecular weight excluding hydrogens is 268 g/mol. The van der Waals surface area contributed by atoms with Crippen molar-refractivity contribution in [3.63, 3.8) is 0 Å². The average molecular weight is 284 g/mol. The molecule has 0 aliphatic carbocycles. The minimum Gasteiger partial charge on any atom is -0.493 e. The van der Waals surface area contributed by atoms with E-state index in [-0.39, 0.29) is 5.84 Å². The molecule has 3 rings (SSSR count). The molecule has 0 saturated carbocycles. The molecule has 2 aromatic rings. The second-order valence-corrected chi connectivity index (χ2v) is 5.86. The SMILES string of the molecule is N=C(N)c1ccc(OCC2CSc3ccccc32)cc1. The Morgan fingerprint density at radius 3 is 2.70 bits per heavy atom. The fourth-order valence-corrected chi connectivity index (χ4v) is 3.53. The van der Waals surface area contributed by atoms with Gasteiger partial charge < -0.3 is 10.5 Å². The highest BCUT2D eigenvalue weighted by Gasteiger charge is 2.23. The number of amidine groups is 1. The molecule has 1 atom stereocenters. The van der Waals surface area contributed by atoms with Crippen LogP contribution in [-0.2, 0) is 0 Å². The van der Waals surface area contributed by atoms with E-state index in [0.29, 0.717) is 12.5 Å². The van der Waals surface area contributed by atoms with Gasteiger partial charge in [0.15, 0.2) is 0 Å². The van der Waals surface area contributed by atoms with Gasteiger partial charge in [-0.25, -0.2) is 0 Å². The number of hydrogen-bond donors (Lipinski definition) is 2. The van der Waals surface area contributed by atoms with Gasteiger partial charge in [-0.2, -0.15) is 0 Å². The van der Waals surface area contributed by atoms with Crippen LogP contribution in [0.25, 0.3) is 0 Å². The van der Waals surface area contributed by atoms with Crippen LogP contribution in [0.5, 0.6) is 5.75 Å². The highest BCUT2D eigenvalue weighted by molar-refractivity contribution is 7.99. The number of nitrogen functional groups attached to an aromatic ring is 1. The van der Waals surface area contributed by atoms with E-state index in [1.165, 1.54) is 10.5 Å². The van der Waals surface area contributed by atoms with Crippen molar-refractivity contribution in [3.05, 3.63) is 59.7 Å². The van der Waals surface area contributed by atoms with Gasteiger partial charge in [0.05, 0.1) is 6.61 Å². The topological polar surface area (TPSA) is 59.1 Å². The summed E-state index contributed by atoms with van der Waals surface area (Å²) in [5.74, 6) is 2.43. The molecule has 1 aliphatic rings. The van der Waals surface area contributed by atoms with E-state index in [1.54, 1.807) is 0 Å². The first-order valence-corrected chi connectivity index (χ1v) is 7.51. The quantitative estimate of drug-likeness (QED) is 0.669. The van der Waals surface area contributed by atoms with Crippen LogP contribution in [0.15, 0.2) is 53.4 Å². The molecule has 3 N–H and O–H groups in total. The predicted molar refractivity (Wildman–Crippen MR) is 82.9 cm³/mol. The van der Waals surface area contributed by atoms with Crippen molar-refractivity contribution in [2.45, 2.75) is 10.8 Å².